The van der Waals surface area contributed by atoms with Gasteiger partial charge in [0.1, 0.15) is 11.4 Å². The standard InChI is InChI=1S/C42H56N4O6/c1-7-21-46(22-20-43-31(3)47)29-39(49)44-27-33-12-11-13-34(24-33)28-45-41(51)37(26-40(50)52-42(4,5)6)25-38(48)30(2)23-32-16-18-36(19-17-32)35-14-9-8-10-15-35/h8-19,24,30,37H,7,20-23,25-29H2,1-6H3,(H,43,47)(H,44,49)(H,45,51)/t30-,37-/m0/s1. The van der Waals surface area contributed by atoms with Crippen molar-refractivity contribution in [3.05, 3.63) is 95.6 Å². The number of benzene rings is 3. The fraction of sp³-hybridized carbons (Fsp3) is 0.452. The van der Waals surface area contributed by atoms with Crippen LogP contribution in [0.15, 0.2) is 78.9 Å². The normalized spacial score (nSPS) is 12.4. The first kappa shape index (κ1) is 41.6. The fourth-order valence-electron chi connectivity index (χ4n) is 5.84. The van der Waals surface area contributed by atoms with Crippen molar-refractivity contribution in [2.75, 3.05) is 26.2 Å². The highest BCUT2D eigenvalue weighted by Crippen LogP contribution is 2.23. The van der Waals surface area contributed by atoms with Crippen LogP contribution < -0.4 is 16.0 Å². The van der Waals surface area contributed by atoms with E-state index >= 15 is 0 Å². The van der Waals surface area contributed by atoms with Gasteiger partial charge in [-0.25, -0.2) is 0 Å². The molecule has 0 saturated heterocycles. The summed E-state index contributed by atoms with van der Waals surface area (Å²) in [7, 11) is 0. The second kappa shape index (κ2) is 20.9. The molecule has 280 valence electrons. The minimum Gasteiger partial charge on any atom is -0.460 e. The Bertz CT molecular complexity index is 1620. The number of carbonyl (C=O) groups excluding carboxylic acids is 5. The number of rotatable bonds is 20. The van der Waals surface area contributed by atoms with Gasteiger partial charge in [0.25, 0.3) is 0 Å². The summed E-state index contributed by atoms with van der Waals surface area (Å²) in [5.74, 6) is -2.48. The van der Waals surface area contributed by atoms with Crippen LogP contribution in [-0.2, 0) is 48.2 Å². The number of hydrogen-bond donors (Lipinski definition) is 3. The number of Topliss-reactive ketones (excluding diaryl/α,β-unsaturated/α-hetero) is 1. The van der Waals surface area contributed by atoms with Gasteiger partial charge >= 0.3 is 5.97 Å². The number of amides is 3. The third-order valence-corrected chi connectivity index (χ3v) is 8.46. The highest BCUT2D eigenvalue weighted by Gasteiger charge is 2.29. The highest BCUT2D eigenvalue weighted by molar-refractivity contribution is 5.90. The van der Waals surface area contributed by atoms with Gasteiger partial charge in [0.05, 0.1) is 18.9 Å². The minimum absolute atomic E-state index is 0.0831. The molecule has 0 bridgehead atoms. The molecule has 3 amide bonds. The van der Waals surface area contributed by atoms with E-state index in [4.69, 9.17) is 4.74 Å². The first-order valence-electron chi connectivity index (χ1n) is 18.2. The lowest BCUT2D eigenvalue weighted by atomic mass is 9.88. The molecule has 0 saturated carbocycles. The van der Waals surface area contributed by atoms with Crippen LogP contribution in [0.25, 0.3) is 11.1 Å². The van der Waals surface area contributed by atoms with E-state index in [1.165, 1.54) is 6.92 Å². The molecule has 0 aromatic heterocycles. The molecule has 10 heteroatoms. The molecule has 3 aromatic carbocycles. The maximum Gasteiger partial charge on any atom is 0.307 e. The van der Waals surface area contributed by atoms with E-state index in [9.17, 15) is 24.0 Å². The molecule has 0 unspecified atom stereocenters. The zero-order valence-corrected chi connectivity index (χ0v) is 31.6. The van der Waals surface area contributed by atoms with Crippen LogP contribution in [0.5, 0.6) is 0 Å². The molecule has 0 fully saturated rings. The van der Waals surface area contributed by atoms with Crippen molar-refractivity contribution in [3.8, 4) is 11.1 Å². The van der Waals surface area contributed by atoms with E-state index in [0.717, 1.165) is 40.8 Å². The summed E-state index contributed by atoms with van der Waals surface area (Å²) >= 11 is 0. The monoisotopic (exact) mass is 712 g/mol. The Morgan fingerprint density at radius 2 is 1.38 bits per heavy atom. The van der Waals surface area contributed by atoms with Gasteiger partial charge in [0.15, 0.2) is 0 Å². The van der Waals surface area contributed by atoms with Crippen LogP contribution >= 0.6 is 0 Å². The Balaban J connectivity index is 1.58. The van der Waals surface area contributed by atoms with Gasteiger partial charge in [0.2, 0.25) is 17.7 Å². The van der Waals surface area contributed by atoms with Gasteiger partial charge in [-0.15, -0.1) is 0 Å². The fourth-order valence-corrected chi connectivity index (χ4v) is 5.84. The molecule has 0 aliphatic rings. The maximum absolute atomic E-state index is 13.5. The number of nitrogens with one attached hydrogen (secondary N) is 3. The zero-order chi connectivity index (χ0) is 38.1. The molecular weight excluding hydrogens is 656 g/mol. The van der Waals surface area contributed by atoms with Crippen LogP contribution in [0.4, 0.5) is 0 Å². The predicted molar refractivity (Wildman–Crippen MR) is 204 cm³/mol. The Kier molecular flexibility index (Phi) is 16.7. The first-order chi connectivity index (χ1) is 24.7. The predicted octanol–water partition coefficient (Wildman–Crippen LogP) is 5.62. The van der Waals surface area contributed by atoms with Gasteiger partial charge < -0.3 is 20.7 Å². The first-order valence-corrected chi connectivity index (χ1v) is 18.2. The molecule has 0 heterocycles. The number of esters is 1. The maximum atomic E-state index is 13.5. The van der Waals surface area contributed by atoms with Gasteiger partial charge in [-0.1, -0.05) is 92.7 Å². The minimum atomic E-state index is -0.885. The van der Waals surface area contributed by atoms with Crippen LogP contribution in [0.1, 0.15) is 77.5 Å². The molecule has 0 radical (unpaired) electrons. The van der Waals surface area contributed by atoms with E-state index in [2.05, 4.69) is 28.1 Å². The van der Waals surface area contributed by atoms with E-state index in [1.807, 2.05) is 85.5 Å². The van der Waals surface area contributed by atoms with Crippen molar-refractivity contribution < 1.29 is 28.7 Å². The average Bonchev–Trinajstić information content (AvgIpc) is 3.09. The molecule has 0 spiro atoms. The summed E-state index contributed by atoms with van der Waals surface area (Å²) < 4.78 is 5.51. The van der Waals surface area contributed by atoms with Crippen molar-refractivity contribution in [1.29, 1.82) is 0 Å². The number of nitrogens with zero attached hydrogens (tertiary/aromatic N) is 1. The lowest BCUT2D eigenvalue weighted by Gasteiger charge is -2.22. The van der Waals surface area contributed by atoms with E-state index in [0.29, 0.717) is 26.1 Å². The van der Waals surface area contributed by atoms with Gasteiger partial charge in [-0.05, 0) is 68.0 Å². The summed E-state index contributed by atoms with van der Waals surface area (Å²) in [6.07, 6.45) is 1.11. The van der Waals surface area contributed by atoms with E-state index in [-0.39, 0.29) is 49.4 Å². The Hall–Kier alpha value is -4.83. The van der Waals surface area contributed by atoms with Crippen LogP contribution in [0, 0.1) is 11.8 Å². The SMILES string of the molecule is CCCN(CCNC(C)=O)CC(=O)NCc1cccc(CNC(=O)[C@H](CC(=O)OC(C)(C)C)CC(=O)[C@@H](C)Cc2ccc(-c3ccccc3)cc2)c1. The van der Waals surface area contributed by atoms with Crippen molar-refractivity contribution in [1.82, 2.24) is 20.9 Å². The molecule has 3 N–H and O–H groups in total. The molecule has 0 aliphatic carbocycles. The Morgan fingerprint density at radius 3 is 2.00 bits per heavy atom. The van der Waals surface area contributed by atoms with Crippen LogP contribution in [0.3, 0.4) is 0 Å². The molecule has 3 aromatic rings. The summed E-state index contributed by atoms with van der Waals surface area (Å²) in [4.78, 5) is 65.7. The molecule has 2 atom stereocenters. The largest absolute Gasteiger partial charge is 0.460 e. The molecule has 52 heavy (non-hydrogen) atoms. The van der Waals surface area contributed by atoms with Crippen LogP contribution in [0.2, 0.25) is 0 Å². The third-order valence-electron chi connectivity index (χ3n) is 8.46. The lowest BCUT2D eigenvalue weighted by molar-refractivity contribution is -0.157. The second-order valence-corrected chi connectivity index (χ2v) is 14.4. The number of carbonyl (C=O) groups is 5. The zero-order valence-electron chi connectivity index (χ0n) is 31.6. The lowest BCUT2D eigenvalue weighted by Crippen LogP contribution is -2.41. The van der Waals surface area contributed by atoms with E-state index < -0.39 is 23.4 Å². The molecule has 10 nitrogen and oxygen atoms in total. The smallest absolute Gasteiger partial charge is 0.307 e. The summed E-state index contributed by atoms with van der Waals surface area (Å²) in [5.41, 5.74) is 4.19. The topological polar surface area (TPSA) is 134 Å². The summed E-state index contributed by atoms with van der Waals surface area (Å²) in [6, 6.07) is 25.7. The van der Waals surface area contributed by atoms with Crippen LogP contribution in [-0.4, -0.2) is 66.2 Å². The highest BCUT2D eigenvalue weighted by atomic mass is 16.6. The second-order valence-electron chi connectivity index (χ2n) is 14.4. The number of ether oxygens (including phenoxy) is 1. The Labute approximate surface area is 309 Å². The number of ketones is 1. The Morgan fingerprint density at radius 1 is 0.750 bits per heavy atom. The van der Waals surface area contributed by atoms with Crippen molar-refractivity contribution in [2.24, 2.45) is 11.8 Å². The van der Waals surface area contributed by atoms with Crippen molar-refractivity contribution in [3.63, 3.8) is 0 Å². The molecular formula is C42H56N4O6. The average molecular weight is 713 g/mol. The summed E-state index contributed by atoms with van der Waals surface area (Å²) in [5, 5.41) is 8.64. The summed E-state index contributed by atoms with van der Waals surface area (Å²) in [6.45, 7) is 13.2. The van der Waals surface area contributed by atoms with Gasteiger partial charge in [-0.3, -0.25) is 28.9 Å². The van der Waals surface area contributed by atoms with Crippen molar-refractivity contribution >= 4 is 29.5 Å². The molecule has 0 aliphatic heterocycles. The van der Waals surface area contributed by atoms with Crippen molar-refractivity contribution in [2.45, 2.75) is 85.9 Å². The van der Waals surface area contributed by atoms with Gasteiger partial charge in [0, 0.05) is 45.4 Å². The molecule has 3 rings (SSSR count). The quantitative estimate of drug-likeness (QED) is 0.130. The number of hydrogen-bond acceptors (Lipinski definition) is 7. The van der Waals surface area contributed by atoms with Gasteiger partial charge in [-0.2, -0.15) is 0 Å². The van der Waals surface area contributed by atoms with E-state index in [1.54, 1.807) is 20.8 Å². The third kappa shape index (κ3) is 15.6.